The number of carbonyl (C=O) groups excluding carboxylic acids is 1. The number of carbonyl (C=O) groups is 1. The molecule has 1 atom stereocenters. The summed E-state index contributed by atoms with van der Waals surface area (Å²) in [6, 6.07) is 11.9. The van der Waals surface area contributed by atoms with Crippen LogP contribution in [0.3, 0.4) is 0 Å². The van der Waals surface area contributed by atoms with E-state index in [0.717, 1.165) is 31.5 Å². The first-order valence-corrected chi connectivity index (χ1v) is 12.5. The number of hydrogen-bond donors (Lipinski definition) is 3. The van der Waals surface area contributed by atoms with E-state index in [4.69, 9.17) is 5.11 Å². The molecule has 3 N–H and O–H groups in total. The lowest BCUT2D eigenvalue weighted by Crippen LogP contribution is -2.44. The van der Waals surface area contributed by atoms with E-state index in [1.807, 2.05) is 32.0 Å². The van der Waals surface area contributed by atoms with Gasteiger partial charge in [-0.25, -0.2) is 13.1 Å². The summed E-state index contributed by atoms with van der Waals surface area (Å²) in [4.78, 5) is 15.0. The predicted octanol–water partition coefficient (Wildman–Crippen LogP) is 2.93. The number of hydrogen-bond acceptors (Lipinski definition) is 5. The fraction of sp³-hybridized carbons (Fsp3) is 0.458. The maximum Gasteiger partial charge on any atom is 0.255 e. The zero-order chi connectivity index (χ0) is 23.3. The third-order valence-electron chi connectivity index (χ3n) is 6.24. The summed E-state index contributed by atoms with van der Waals surface area (Å²) in [7, 11) is -3.68. The lowest BCUT2D eigenvalue weighted by molar-refractivity contribution is 0.102. The van der Waals surface area contributed by atoms with Crippen LogP contribution in [-0.4, -0.2) is 56.6 Å². The summed E-state index contributed by atoms with van der Waals surface area (Å²) in [6.07, 6.45) is 1.79. The molecule has 1 amide bonds. The van der Waals surface area contributed by atoms with Crippen molar-refractivity contribution in [3.05, 3.63) is 59.2 Å². The fourth-order valence-corrected chi connectivity index (χ4v) is 5.58. The molecule has 2 aromatic rings. The molecule has 8 heteroatoms. The average Bonchev–Trinajstić information content (AvgIpc) is 2.75. The zero-order valence-corrected chi connectivity index (χ0v) is 19.8. The first kappa shape index (κ1) is 24.4. The molecule has 1 heterocycles. The molecule has 0 aromatic heterocycles. The zero-order valence-electron chi connectivity index (χ0n) is 19.0. The Kier molecular flexibility index (Phi) is 8.05. The summed E-state index contributed by atoms with van der Waals surface area (Å²) in [6.45, 7) is 8.12. The molecule has 1 saturated heterocycles. The molecular formula is C24H33N3O4S. The summed E-state index contributed by atoms with van der Waals surface area (Å²) in [5.74, 6) is 0.0367. The average molecular weight is 460 g/mol. The van der Waals surface area contributed by atoms with Gasteiger partial charge in [0.15, 0.2) is 0 Å². The van der Waals surface area contributed by atoms with Gasteiger partial charge in [0.25, 0.3) is 5.91 Å². The van der Waals surface area contributed by atoms with E-state index in [1.54, 1.807) is 25.1 Å². The number of piperidine rings is 1. The van der Waals surface area contributed by atoms with E-state index in [0.29, 0.717) is 23.4 Å². The first-order chi connectivity index (χ1) is 15.2. The highest BCUT2D eigenvalue weighted by Crippen LogP contribution is 2.24. The normalized spacial score (nSPS) is 16.6. The highest BCUT2D eigenvalue weighted by molar-refractivity contribution is 7.89. The highest BCUT2D eigenvalue weighted by atomic mass is 32.2. The molecule has 0 spiro atoms. The van der Waals surface area contributed by atoms with Crippen molar-refractivity contribution in [1.82, 2.24) is 9.62 Å². The number of sulfonamides is 1. The minimum Gasteiger partial charge on any atom is -0.395 e. The number of aliphatic hydroxyl groups is 1. The Bertz CT molecular complexity index is 1050. The molecule has 0 radical (unpaired) electrons. The van der Waals surface area contributed by atoms with E-state index in [-0.39, 0.29) is 29.4 Å². The number of β-amino-alcohol motifs (C(OH)–C–C–N with tert-alkyl or cyclic N) is 1. The maximum atomic E-state index is 13.0. The van der Waals surface area contributed by atoms with Gasteiger partial charge in [0, 0.05) is 23.8 Å². The topological polar surface area (TPSA) is 98.7 Å². The van der Waals surface area contributed by atoms with Gasteiger partial charge in [-0.05, 0) is 88.0 Å². The third-order valence-corrected chi connectivity index (χ3v) is 7.80. The van der Waals surface area contributed by atoms with Gasteiger partial charge in [-0.1, -0.05) is 18.2 Å². The summed E-state index contributed by atoms with van der Waals surface area (Å²) >= 11 is 0. The Balaban J connectivity index is 1.65. The van der Waals surface area contributed by atoms with Crippen LogP contribution >= 0.6 is 0 Å². The van der Waals surface area contributed by atoms with Gasteiger partial charge in [0.05, 0.1) is 11.5 Å². The Morgan fingerprint density at radius 2 is 1.81 bits per heavy atom. The fourth-order valence-electron chi connectivity index (χ4n) is 4.19. The van der Waals surface area contributed by atoms with E-state index >= 15 is 0 Å². The van der Waals surface area contributed by atoms with E-state index < -0.39 is 10.0 Å². The van der Waals surface area contributed by atoms with Crippen LogP contribution in [0.15, 0.2) is 47.4 Å². The van der Waals surface area contributed by atoms with E-state index in [2.05, 4.69) is 14.9 Å². The number of amides is 1. The number of likely N-dealkylation sites (tertiary alicyclic amines) is 1. The van der Waals surface area contributed by atoms with E-state index in [9.17, 15) is 13.2 Å². The Hall–Kier alpha value is -2.26. The van der Waals surface area contributed by atoms with Crippen molar-refractivity contribution in [3.63, 3.8) is 0 Å². The number of nitrogens with one attached hydrogen (secondary N) is 2. The molecule has 32 heavy (non-hydrogen) atoms. The first-order valence-electron chi connectivity index (χ1n) is 11.0. The monoisotopic (exact) mass is 459 g/mol. The molecule has 1 aliphatic rings. The SMILES string of the molecule is Cc1cc(S(=O)(=O)NC(C)C2CCN(CCO)CC2)ccc1NC(=O)c1ccccc1C. The number of benzene rings is 2. The summed E-state index contributed by atoms with van der Waals surface area (Å²) in [5, 5.41) is 12.0. The van der Waals surface area contributed by atoms with Crippen LogP contribution in [0.25, 0.3) is 0 Å². The van der Waals surface area contributed by atoms with Gasteiger partial charge in [0.1, 0.15) is 0 Å². The van der Waals surface area contributed by atoms with Crippen molar-refractivity contribution in [1.29, 1.82) is 0 Å². The van der Waals surface area contributed by atoms with Crippen LogP contribution in [-0.2, 0) is 10.0 Å². The van der Waals surface area contributed by atoms with Crippen molar-refractivity contribution in [2.24, 2.45) is 5.92 Å². The van der Waals surface area contributed by atoms with Gasteiger partial charge in [-0.2, -0.15) is 0 Å². The van der Waals surface area contributed by atoms with E-state index in [1.165, 1.54) is 6.07 Å². The summed E-state index contributed by atoms with van der Waals surface area (Å²) in [5.41, 5.74) is 2.73. The molecule has 174 valence electrons. The van der Waals surface area contributed by atoms with Crippen LogP contribution in [0.4, 0.5) is 5.69 Å². The second kappa shape index (κ2) is 10.6. The molecule has 1 aliphatic heterocycles. The number of aliphatic hydroxyl groups excluding tert-OH is 1. The van der Waals surface area contributed by atoms with Gasteiger partial charge in [0.2, 0.25) is 10.0 Å². The lowest BCUT2D eigenvalue weighted by atomic mass is 9.91. The molecule has 0 aliphatic carbocycles. The van der Waals surface area contributed by atoms with Crippen LogP contribution < -0.4 is 10.0 Å². The molecule has 1 unspecified atom stereocenters. The number of aryl methyl sites for hydroxylation is 2. The summed E-state index contributed by atoms with van der Waals surface area (Å²) < 4.78 is 28.8. The van der Waals surface area contributed by atoms with Crippen molar-refractivity contribution in [3.8, 4) is 0 Å². The minimum atomic E-state index is -3.68. The van der Waals surface area contributed by atoms with Crippen LogP contribution in [0, 0.1) is 19.8 Å². The lowest BCUT2D eigenvalue weighted by Gasteiger charge is -2.34. The minimum absolute atomic E-state index is 0.146. The second-order valence-electron chi connectivity index (χ2n) is 8.56. The molecular weight excluding hydrogens is 426 g/mol. The van der Waals surface area contributed by atoms with Crippen LogP contribution in [0.2, 0.25) is 0 Å². The molecule has 2 aromatic carbocycles. The molecule has 1 fully saturated rings. The number of rotatable bonds is 8. The molecule has 7 nitrogen and oxygen atoms in total. The van der Waals surface area contributed by atoms with Gasteiger partial charge >= 0.3 is 0 Å². The predicted molar refractivity (Wildman–Crippen MR) is 126 cm³/mol. The van der Waals surface area contributed by atoms with Gasteiger partial charge < -0.3 is 15.3 Å². The molecule has 0 saturated carbocycles. The van der Waals surface area contributed by atoms with Crippen molar-refractivity contribution < 1.29 is 18.3 Å². The Morgan fingerprint density at radius 1 is 1.12 bits per heavy atom. The molecule has 0 bridgehead atoms. The Labute approximate surface area is 190 Å². The quantitative estimate of drug-likeness (QED) is 0.564. The van der Waals surface area contributed by atoms with Gasteiger partial charge in [-0.15, -0.1) is 0 Å². The van der Waals surface area contributed by atoms with Crippen LogP contribution in [0.5, 0.6) is 0 Å². The second-order valence-corrected chi connectivity index (χ2v) is 10.3. The number of anilines is 1. The standard InChI is InChI=1S/C24H33N3O4S/c1-17-6-4-5-7-22(17)24(29)25-23-9-8-21(16-18(23)2)32(30,31)26-19(3)20-10-12-27(13-11-20)14-15-28/h4-9,16,19-20,26,28H,10-15H2,1-3H3,(H,25,29). The molecule has 3 rings (SSSR count). The highest BCUT2D eigenvalue weighted by Gasteiger charge is 2.27. The van der Waals surface area contributed by atoms with Crippen LogP contribution in [0.1, 0.15) is 41.3 Å². The Morgan fingerprint density at radius 3 is 2.44 bits per heavy atom. The maximum absolute atomic E-state index is 13.0. The third kappa shape index (κ3) is 5.95. The number of nitrogens with zero attached hydrogens (tertiary/aromatic N) is 1. The van der Waals surface area contributed by atoms with Crippen molar-refractivity contribution in [2.45, 2.75) is 44.6 Å². The van der Waals surface area contributed by atoms with Crippen molar-refractivity contribution >= 4 is 21.6 Å². The van der Waals surface area contributed by atoms with Crippen molar-refractivity contribution in [2.75, 3.05) is 31.6 Å². The van der Waals surface area contributed by atoms with Gasteiger partial charge in [-0.3, -0.25) is 4.79 Å². The largest absolute Gasteiger partial charge is 0.395 e. The smallest absolute Gasteiger partial charge is 0.255 e.